The number of thioether (sulfide) groups is 1. The van der Waals surface area contributed by atoms with Crippen molar-refractivity contribution in [2.45, 2.75) is 56.8 Å². The zero-order chi connectivity index (χ0) is 22.2. The van der Waals surface area contributed by atoms with Crippen molar-refractivity contribution in [1.82, 2.24) is 0 Å². The molecular formula is C23H28N2O4S2. The molecule has 0 saturated carbocycles. The predicted molar refractivity (Wildman–Crippen MR) is 126 cm³/mol. The van der Waals surface area contributed by atoms with Gasteiger partial charge in [0.2, 0.25) is 11.8 Å². The number of ether oxygens (including phenoxy) is 1. The lowest BCUT2D eigenvalue weighted by molar-refractivity contribution is -0.116. The van der Waals surface area contributed by atoms with Gasteiger partial charge in [0.25, 0.3) is 0 Å². The zero-order valence-corrected chi connectivity index (χ0v) is 19.5. The second-order valence-electron chi connectivity index (χ2n) is 7.42. The number of methoxy groups -OCH3 is 1. The Morgan fingerprint density at radius 3 is 2.68 bits per heavy atom. The van der Waals surface area contributed by atoms with Crippen molar-refractivity contribution < 1.29 is 19.1 Å². The molecule has 0 bridgehead atoms. The van der Waals surface area contributed by atoms with Crippen LogP contribution in [0.4, 0.5) is 10.7 Å². The van der Waals surface area contributed by atoms with Gasteiger partial charge in [0, 0.05) is 21.9 Å². The van der Waals surface area contributed by atoms with Gasteiger partial charge in [-0.15, -0.1) is 23.1 Å². The molecule has 1 aromatic carbocycles. The number of amides is 2. The van der Waals surface area contributed by atoms with E-state index < -0.39 is 5.97 Å². The third kappa shape index (κ3) is 6.33. The molecule has 2 aromatic rings. The summed E-state index contributed by atoms with van der Waals surface area (Å²) in [7, 11) is 1.37. The summed E-state index contributed by atoms with van der Waals surface area (Å²) in [6.45, 7) is 1.96. The number of rotatable bonds is 8. The Balaban J connectivity index is 1.65. The highest BCUT2D eigenvalue weighted by atomic mass is 32.2. The highest BCUT2D eigenvalue weighted by Gasteiger charge is 2.26. The number of hydrogen-bond acceptors (Lipinski definition) is 6. The summed E-state index contributed by atoms with van der Waals surface area (Å²) in [5, 5.41) is 6.38. The van der Waals surface area contributed by atoms with Crippen LogP contribution < -0.4 is 10.6 Å². The molecule has 0 atom stereocenters. The van der Waals surface area contributed by atoms with Gasteiger partial charge in [0.05, 0.1) is 18.4 Å². The maximum absolute atomic E-state index is 12.6. The van der Waals surface area contributed by atoms with Gasteiger partial charge >= 0.3 is 5.97 Å². The summed E-state index contributed by atoms with van der Waals surface area (Å²) in [5.41, 5.74) is 2.27. The van der Waals surface area contributed by atoms with Crippen molar-refractivity contribution in [2.24, 2.45) is 0 Å². The number of thiophene rings is 1. The minimum Gasteiger partial charge on any atom is -0.465 e. The Hall–Kier alpha value is -2.32. The Labute approximate surface area is 191 Å². The minimum atomic E-state index is -0.391. The van der Waals surface area contributed by atoms with Crippen molar-refractivity contribution >= 4 is 51.6 Å². The Morgan fingerprint density at radius 1 is 1.10 bits per heavy atom. The number of anilines is 2. The SMILES string of the molecule is CCCC(=O)Nc1cccc(SCC(=O)Nc2sc3c(c2C(=O)OC)CCCCC3)c1. The van der Waals surface area contributed by atoms with Gasteiger partial charge in [-0.3, -0.25) is 9.59 Å². The van der Waals surface area contributed by atoms with E-state index in [1.54, 1.807) is 0 Å². The molecule has 2 N–H and O–H groups in total. The molecule has 0 aliphatic heterocycles. The Kier molecular flexibility index (Phi) is 8.54. The second kappa shape index (κ2) is 11.3. The molecule has 0 fully saturated rings. The normalized spacial score (nSPS) is 13.1. The first-order valence-electron chi connectivity index (χ1n) is 10.6. The number of fused-ring (bicyclic) bond motifs is 1. The summed E-state index contributed by atoms with van der Waals surface area (Å²) < 4.78 is 4.99. The van der Waals surface area contributed by atoms with Crippen molar-refractivity contribution in [3.05, 3.63) is 40.3 Å². The highest BCUT2D eigenvalue weighted by molar-refractivity contribution is 8.00. The fourth-order valence-electron chi connectivity index (χ4n) is 3.57. The number of benzene rings is 1. The Bertz CT molecular complexity index is 955. The third-order valence-electron chi connectivity index (χ3n) is 5.03. The van der Waals surface area contributed by atoms with Crippen LogP contribution in [0.15, 0.2) is 29.2 Å². The largest absolute Gasteiger partial charge is 0.465 e. The quantitative estimate of drug-likeness (QED) is 0.318. The Morgan fingerprint density at radius 2 is 1.90 bits per heavy atom. The van der Waals surface area contributed by atoms with Gasteiger partial charge in [-0.2, -0.15) is 0 Å². The predicted octanol–water partition coefficient (Wildman–Crippen LogP) is 5.27. The average molecular weight is 461 g/mol. The lowest BCUT2D eigenvalue weighted by atomic mass is 10.1. The second-order valence-corrected chi connectivity index (χ2v) is 9.58. The van der Waals surface area contributed by atoms with Gasteiger partial charge < -0.3 is 15.4 Å². The number of hydrogen-bond donors (Lipinski definition) is 2. The number of esters is 1. The summed E-state index contributed by atoms with van der Waals surface area (Å²) in [4.78, 5) is 38.9. The zero-order valence-electron chi connectivity index (χ0n) is 17.9. The molecule has 31 heavy (non-hydrogen) atoms. The van der Waals surface area contributed by atoms with Crippen molar-refractivity contribution in [3.63, 3.8) is 0 Å². The number of carbonyl (C=O) groups is 3. The van der Waals surface area contributed by atoms with E-state index in [0.717, 1.165) is 54.7 Å². The van der Waals surface area contributed by atoms with Crippen LogP contribution in [0.25, 0.3) is 0 Å². The maximum atomic E-state index is 12.6. The van der Waals surface area contributed by atoms with Gasteiger partial charge in [0.15, 0.2) is 0 Å². The van der Waals surface area contributed by atoms with Crippen LogP contribution in [0.3, 0.4) is 0 Å². The molecule has 6 nitrogen and oxygen atoms in total. The number of carbonyl (C=O) groups excluding carboxylic acids is 3. The molecule has 0 saturated heterocycles. The molecule has 1 aliphatic carbocycles. The third-order valence-corrected chi connectivity index (χ3v) is 7.23. The summed E-state index contributed by atoms with van der Waals surface area (Å²) in [6, 6.07) is 7.45. The number of nitrogens with one attached hydrogen (secondary N) is 2. The molecule has 1 aromatic heterocycles. The van der Waals surface area contributed by atoms with E-state index in [4.69, 9.17) is 4.74 Å². The molecule has 2 amide bonds. The number of aryl methyl sites for hydroxylation is 1. The molecule has 0 spiro atoms. The summed E-state index contributed by atoms with van der Waals surface area (Å²) >= 11 is 2.88. The first-order chi connectivity index (χ1) is 15.0. The lowest BCUT2D eigenvalue weighted by Crippen LogP contribution is -2.16. The van der Waals surface area contributed by atoms with E-state index in [1.807, 2.05) is 31.2 Å². The average Bonchev–Trinajstić information content (AvgIpc) is 2.92. The van der Waals surface area contributed by atoms with Gasteiger partial charge in [-0.05, 0) is 55.9 Å². The van der Waals surface area contributed by atoms with Crippen LogP contribution >= 0.6 is 23.1 Å². The van der Waals surface area contributed by atoms with Crippen LogP contribution in [0.5, 0.6) is 0 Å². The first-order valence-corrected chi connectivity index (χ1v) is 12.4. The van der Waals surface area contributed by atoms with Crippen LogP contribution in [-0.2, 0) is 27.2 Å². The van der Waals surface area contributed by atoms with E-state index in [0.29, 0.717) is 17.0 Å². The van der Waals surface area contributed by atoms with Crippen molar-refractivity contribution in [2.75, 3.05) is 23.5 Å². The van der Waals surface area contributed by atoms with Crippen LogP contribution in [0, 0.1) is 0 Å². The summed E-state index contributed by atoms with van der Waals surface area (Å²) in [5.74, 6) is -0.379. The first kappa shape index (κ1) is 23.3. The fraction of sp³-hybridized carbons (Fsp3) is 0.435. The van der Waals surface area contributed by atoms with Crippen molar-refractivity contribution in [3.8, 4) is 0 Å². The minimum absolute atomic E-state index is 0.0183. The van der Waals surface area contributed by atoms with E-state index >= 15 is 0 Å². The van der Waals surface area contributed by atoms with Crippen LogP contribution in [0.2, 0.25) is 0 Å². The molecule has 1 aliphatic rings. The highest BCUT2D eigenvalue weighted by Crippen LogP contribution is 2.38. The van der Waals surface area contributed by atoms with Crippen molar-refractivity contribution in [1.29, 1.82) is 0 Å². The fourth-order valence-corrected chi connectivity index (χ4v) is 5.62. The topological polar surface area (TPSA) is 84.5 Å². The summed E-state index contributed by atoms with van der Waals surface area (Å²) in [6.07, 6.45) is 6.35. The lowest BCUT2D eigenvalue weighted by Gasteiger charge is -2.09. The monoisotopic (exact) mass is 460 g/mol. The van der Waals surface area contributed by atoms with E-state index in [-0.39, 0.29) is 17.6 Å². The molecule has 166 valence electrons. The maximum Gasteiger partial charge on any atom is 0.341 e. The van der Waals surface area contributed by atoms with Gasteiger partial charge in [-0.25, -0.2) is 4.79 Å². The van der Waals surface area contributed by atoms with Gasteiger partial charge in [-0.1, -0.05) is 19.4 Å². The van der Waals surface area contributed by atoms with E-state index in [9.17, 15) is 14.4 Å². The molecular weight excluding hydrogens is 432 g/mol. The smallest absolute Gasteiger partial charge is 0.341 e. The molecule has 0 radical (unpaired) electrons. The molecule has 1 heterocycles. The standard InChI is InChI=1S/C23H28N2O4S2/c1-3-8-19(26)24-15-9-7-10-16(13-15)30-14-20(27)25-22-21(23(28)29-2)17-11-5-4-6-12-18(17)31-22/h7,9-10,13H,3-6,8,11-12,14H2,1-2H3,(H,24,26)(H,25,27). The molecule has 3 rings (SSSR count). The van der Waals surface area contributed by atoms with E-state index in [1.165, 1.54) is 35.1 Å². The molecule has 0 unspecified atom stereocenters. The molecule has 8 heteroatoms. The van der Waals surface area contributed by atoms with Crippen LogP contribution in [-0.4, -0.2) is 30.6 Å². The van der Waals surface area contributed by atoms with E-state index in [2.05, 4.69) is 10.6 Å². The van der Waals surface area contributed by atoms with Crippen LogP contribution in [0.1, 0.15) is 59.8 Å². The van der Waals surface area contributed by atoms with Gasteiger partial charge in [0.1, 0.15) is 5.00 Å².